The van der Waals surface area contributed by atoms with Crippen LogP contribution in [0.4, 0.5) is 0 Å². The Morgan fingerprint density at radius 3 is 1.57 bits per heavy atom. The van der Waals surface area contributed by atoms with Gasteiger partial charge in [0.05, 0.1) is 70.7 Å². The Morgan fingerprint density at radius 1 is 0.458 bits per heavy atom. The molecule has 1 spiro atoms. The van der Waals surface area contributed by atoms with Gasteiger partial charge < -0.3 is 168 Å². The average Bonchev–Trinajstić information content (AvgIpc) is 1.49. The Labute approximate surface area is 552 Å². The molecule has 0 bridgehead atoms. The van der Waals surface area contributed by atoms with Crippen LogP contribution in [0.1, 0.15) is 72.6 Å². The zero-order valence-electron chi connectivity index (χ0n) is 53.7. The summed E-state index contributed by atoms with van der Waals surface area (Å²) in [4.78, 5) is 0. The summed E-state index contributed by atoms with van der Waals surface area (Å²) in [6, 6.07) is 0. The molecule has 0 radical (unpaired) electrons. The van der Waals surface area contributed by atoms with Crippen molar-refractivity contribution in [1.29, 1.82) is 0 Å². The van der Waals surface area contributed by atoms with Crippen LogP contribution in [0.15, 0.2) is 11.6 Å². The standard InChI is InChI=1S/C62H100O34/c1-20-18-84-62(12-30(20)86-55-46(79)42(75)38(71)31(13-63)87-55)21(2)36-29(96-62)10-25-23-6-5-22-9-28(26(68)11-61(22,4)24(23)7-8-60(25,36)3)85-56-48(81)44(77)50(35(17-67)91-56)92-59-53(52(41(74)34(16-66)90-59)94-54-45(78)37(70)27(69)19-83-54)95-58-49(82)51(40(73)33(15-65)89-58)93-57-47(80)43(76)39(72)32(14-64)88-57/h5,20-21,23-59,63-82H,6-19H2,1-4H3/t20-,21+,23-,24-,25+,26+,27+,28+,29+,30+,31+,32+,33+,34+,35+,36+,37-,38+,39+,40+,41+,42-,43-,44+,45+,46+,47+,48+,49+,50+,51-,52-,53+,54-,55+,56+,57-,58-,59-,60-,61-,62-/m1/s1. The Bertz CT molecular complexity index is 2610. The molecule has 0 aromatic carbocycles. The van der Waals surface area contributed by atoms with E-state index in [0.717, 1.165) is 31.3 Å². The third-order valence-electron chi connectivity index (χ3n) is 23.9. The molecule has 12 rings (SSSR count). The highest BCUT2D eigenvalue weighted by Gasteiger charge is 2.70. The molecule has 0 aromatic heterocycles. The fraction of sp³-hybridized carbons (Fsp3) is 0.968. The number of aliphatic hydroxyl groups excluding tert-OH is 20. The number of rotatable bonds is 17. The summed E-state index contributed by atoms with van der Waals surface area (Å²) in [5.74, 6) is -0.501. The van der Waals surface area contributed by atoms with Gasteiger partial charge in [0.15, 0.2) is 43.5 Å². The van der Waals surface area contributed by atoms with Gasteiger partial charge in [-0.1, -0.05) is 39.3 Å². The van der Waals surface area contributed by atoms with Gasteiger partial charge in [-0.15, -0.1) is 0 Å². The van der Waals surface area contributed by atoms with E-state index in [1.54, 1.807) is 0 Å². The largest absolute Gasteiger partial charge is 0.394 e. The topological polar surface area (TPSA) is 534 Å². The first-order chi connectivity index (χ1) is 45.6. The van der Waals surface area contributed by atoms with E-state index in [4.69, 9.17) is 66.3 Å². The molecule has 0 amide bonds. The monoisotopic (exact) mass is 1390 g/mol. The van der Waals surface area contributed by atoms with Crippen molar-refractivity contribution in [1.82, 2.24) is 0 Å². The molecule has 3 saturated carbocycles. The van der Waals surface area contributed by atoms with Crippen LogP contribution in [0.3, 0.4) is 0 Å². The second-order valence-electron chi connectivity index (χ2n) is 29.3. The lowest BCUT2D eigenvalue weighted by atomic mass is 9.46. The first kappa shape index (κ1) is 74.1. The van der Waals surface area contributed by atoms with Crippen LogP contribution in [0.25, 0.3) is 0 Å². The van der Waals surface area contributed by atoms with Gasteiger partial charge in [0.25, 0.3) is 0 Å². The minimum Gasteiger partial charge on any atom is -0.394 e. The summed E-state index contributed by atoms with van der Waals surface area (Å²) in [5, 5.41) is 218. The van der Waals surface area contributed by atoms with Gasteiger partial charge >= 0.3 is 0 Å². The fourth-order valence-electron chi connectivity index (χ4n) is 18.3. The van der Waals surface area contributed by atoms with E-state index >= 15 is 0 Å². The second-order valence-corrected chi connectivity index (χ2v) is 29.3. The maximum Gasteiger partial charge on any atom is 0.187 e. The van der Waals surface area contributed by atoms with Crippen LogP contribution >= 0.6 is 0 Å². The third kappa shape index (κ3) is 13.0. The van der Waals surface area contributed by atoms with Gasteiger partial charge in [-0.05, 0) is 73.0 Å². The van der Waals surface area contributed by atoms with Crippen LogP contribution in [0.2, 0.25) is 0 Å². The molecule has 8 aliphatic heterocycles. The number of hydrogen-bond donors (Lipinski definition) is 20. The van der Waals surface area contributed by atoms with Crippen molar-refractivity contribution in [3.8, 4) is 0 Å². The van der Waals surface area contributed by atoms with Crippen molar-refractivity contribution in [2.45, 2.75) is 281 Å². The van der Waals surface area contributed by atoms with Gasteiger partial charge in [0.1, 0.15) is 140 Å². The zero-order chi connectivity index (χ0) is 69.1. The third-order valence-corrected chi connectivity index (χ3v) is 23.9. The van der Waals surface area contributed by atoms with Crippen molar-refractivity contribution in [3.05, 3.63) is 11.6 Å². The van der Waals surface area contributed by atoms with Crippen molar-refractivity contribution in [2.75, 3.05) is 46.2 Å². The van der Waals surface area contributed by atoms with Gasteiger partial charge in [-0.3, -0.25) is 0 Å². The molecule has 20 N–H and O–H groups in total. The Kier molecular flexibility index (Phi) is 22.5. The number of allylic oxidation sites excluding steroid dienone is 1. The Morgan fingerprint density at radius 2 is 0.958 bits per heavy atom. The van der Waals surface area contributed by atoms with Gasteiger partial charge in [-0.25, -0.2) is 0 Å². The fourth-order valence-corrected chi connectivity index (χ4v) is 18.3. The highest BCUT2D eigenvalue weighted by Crippen LogP contribution is 2.71. The second kappa shape index (κ2) is 29.1. The molecule has 0 aromatic rings. The normalized spacial score (nSPS) is 56.8. The van der Waals surface area contributed by atoms with Gasteiger partial charge in [0.2, 0.25) is 0 Å². The van der Waals surface area contributed by atoms with E-state index in [0.29, 0.717) is 13.0 Å². The molecule has 34 heteroatoms. The lowest BCUT2D eigenvalue weighted by Crippen LogP contribution is -2.69. The van der Waals surface area contributed by atoms with Crippen molar-refractivity contribution in [2.24, 2.45) is 46.3 Å². The van der Waals surface area contributed by atoms with Crippen LogP contribution in [0, 0.1) is 46.3 Å². The van der Waals surface area contributed by atoms with E-state index < -0.39 is 247 Å². The first-order valence-corrected chi connectivity index (χ1v) is 33.6. The lowest BCUT2D eigenvalue weighted by molar-refractivity contribution is -0.409. The first-order valence-electron chi connectivity index (χ1n) is 33.6. The highest BCUT2D eigenvalue weighted by molar-refractivity contribution is 5.28. The summed E-state index contributed by atoms with van der Waals surface area (Å²) in [6.07, 6.45) is -49.7. The molecule has 0 unspecified atom stereocenters. The minimum atomic E-state index is -2.23. The maximum atomic E-state index is 12.2. The number of hydrogen-bond acceptors (Lipinski definition) is 34. The van der Waals surface area contributed by atoms with E-state index in [2.05, 4.69) is 26.8 Å². The molecular formula is C62H100O34. The molecule has 96 heavy (non-hydrogen) atoms. The molecule has 11 fully saturated rings. The van der Waals surface area contributed by atoms with Crippen molar-refractivity contribution < 1.29 is 168 Å². The SMILES string of the molecule is C[C@@H]1CO[C@]2(C[C@@H]1O[C@H]1O[C@@H](CO)[C@H](O)[C@@H](O)[C@@H]1O)O[C@H]1C[C@H]3[C@@H]4CC=C5C[C@H](O[C@H]6O[C@@H](CO)[C@H](O[C@H]7O[C@@H](CO)[C@H](O)[C@@H](O[C@H]8OC[C@H](O)[C@@H](O)[C@@H]8O)[C@@H]7O[C@H]7O[C@@H](CO)[C@H](O)[C@@H](O[C@H]8O[C@@H](CO)[C@H](O)[C@@H](O)[C@@H]8O)[C@@H]7O)[C@@H](O)[C@@H]6O)[C@@H](O)C[C@@]5(C)[C@@H]4CC[C@@]3(C)[C@H]1[C@@H]2C. The Hall–Kier alpha value is -1.62. The van der Waals surface area contributed by atoms with E-state index in [9.17, 15) is 102 Å². The van der Waals surface area contributed by atoms with Crippen molar-refractivity contribution in [3.63, 3.8) is 0 Å². The average molecular weight is 1390 g/mol. The zero-order valence-corrected chi connectivity index (χ0v) is 53.7. The quantitative estimate of drug-likeness (QED) is 0.0601. The van der Waals surface area contributed by atoms with Gasteiger partial charge in [-0.2, -0.15) is 0 Å². The molecule has 552 valence electrons. The molecule has 12 aliphatic rings. The molecule has 42 atom stereocenters. The predicted molar refractivity (Wildman–Crippen MR) is 310 cm³/mol. The van der Waals surface area contributed by atoms with E-state index in [1.807, 2.05) is 6.92 Å². The van der Waals surface area contributed by atoms with Crippen LogP contribution < -0.4 is 0 Å². The van der Waals surface area contributed by atoms with Crippen LogP contribution in [0.5, 0.6) is 0 Å². The van der Waals surface area contributed by atoms with E-state index in [1.165, 1.54) is 0 Å². The molecule has 8 heterocycles. The van der Waals surface area contributed by atoms with E-state index in [-0.39, 0.29) is 59.9 Å². The summed E-state index contributed by atoms with van der Waals surface area (Å²) < 4.78 is 85.3. The highest BCUT2D eigenvalue weighted by atomic mass is 16.8. The lowest BCUT2D eigenvalue weighted by Gasteiger charge is -2.59. The minimum absolute atomic E-state index is 0.0773. The summed E-state index contributed by atoms with van der Waals surface area (Å²) >= 11 is 0. The number of ether oxygens (including phenoxy) is 14. The summed E-state index contributed by atoms with van der Waals surface area (Å²) in [5.41, 5.74) is 0.400. The van der Waals surface area contributed by atoms with Crippen LogP contribution in [-0.4, -0.2) is 357 Å². The van der Waals surface area contributed by atoms with Crippen molar-refractivity contribution >= 4 is 0 Å². The van der Waals surface area contributed by atoms with Crippen LogP contribution in [-0.2, 0) is 66.3 Å². The number of fused-ring (bicyclic) bond motifs is 7. The molecule has 34 nitrogen and oxygen atoms in total. The van der Waals surface area contributed by atoms with Gasteiger partial charge in [0, 0.05) is 18.3 Å². The Balaban J connectivity index is 0.729. The maximum absolute atomic E-state index is 12.2. The predicted octanol–water partition coefficient (Wildman–Crippen LogP) is -8.76. The molecule has 8 saturated heterocycles. The number of aliphatic hydroxyl groups is 20. The summed E-state index contributed by atoms with van der Waals surface area (Å²) in [6.45, 7) is 3.87. The molecule has 4 aliphatic carbocycles. The summed E-state index contributed by atoms with van der Waals surface area (Å²) in [7, 11) is 0. The smallest absolute Gasteiger partial charge is 0.187 e. The molecular weight excluding hydrogens is 1290 g/mol.